The second kappa shape index (κ2) is 59.5. The minimum absolute atomic E-state index is 0.0663. The van der Waals surface area contributed by atoms with Gasteiger partial charge in [-0.05, 0) is 51.4 Å². The van der Waals surface area contributed by atoms with Crippen LogP contribution in [-0.2, 0) is 28.6 Å². The van der Waals surface area contributed by atoms with Gasteiger partial charge >= 0.3 is 17.9 Å². The molecule has 0 saturated carbocycles. The second-order valence-corrected chi connectivity index (χ2v) is 21.3. The molecule has 1 atom stereocenters. The maximum absolute atomic E-state index is 12.9. The summed E-state index contributed by atoms with van der Waals surface area (Å²) in [5.74, 6) is -0.843. The molecule has 0 aromatic carbocycles. The molecule has 0 aromatic rings. The van der Waals surface area contributed by atoms with Gasteiger partial charge < -0.3 is 14.2 Å². The molecule has 0 heterocycles. The first kappa shape index (κ1) is 67.9. The third kappa shape index (κ3) is 56.8. The average molecular weight is 986 g/mol. The van der Waals surface area contributed by atoms with Crippen LogP contribution in [0.3, 0.4) is 0 Å². The zero-order valence-corrected chi connectivity index (χ0v) is 47.3. The van der Waals surface area contributed by atoms with Gasteiger partial charge in [-0.1, -0.05) is 302 Å². The van der Waals surface area contributed by atoms with Crippen LogP contribution in [0, 0.1) is 0 Å². The highest BCUT2D eigenvalue weighted by atomic mass is 16.6. The summed E-state index contributed by atoms with van der Waals surface area (Å²) in [5.41, 5.74) is 0. The molecule has 0 amide bonds. The van der Waals surface area contributed by atoms with Gasteiger partial charge in [0.25, 0.3) is 0 Å². The van der Waals surface area contributed by atoms with Gasteiger partial charge in [0.2, 0.25) is 0 Å². The van der Waals surface area contributed by atoms with Crippen LogP contribution in [0.15, 0.2) is 24.3 Å². The summed E-state index contributed by atoms with van der Waals surface area (Å²) in [7, 11) is 0. The van der Waals surface area contributed by atoms with Crippen LogP contribution < -0.4 is 0 Å². The molecule has 0 aliphatic rings. The van der Waals surface area contributed by atoms with E-state index < -0.39 is 6.10 Å². The molecular weight excluding hydrogens is 865 g/mol. The first-order valence-corrected chi connectivity index (χ1v) is 31.3. The number of rotatable bonds is 58. The van der Waals surface area contributed by atoms with Crippen molar-refractivity contribution in [1.82, 2.24) is 0 Å². The molecule has 0 spiro atoms. The van der Waals surface area contributed by atoms with E-state index in [-0.39, 0.29) is 31.1 Å². The Hall–Kier alpha value is -2.11. The van der Waals surface area contributed by atoms with Crippen molar-refractivity contribution in [1.29, 1.82) is 0 Å². The molecule has 0 bridgehead atoms. The standard InChI is InChI=1S/C64H120O6/c1-4-7-10-13-16-19-22-25-28-30-32-34-36-39-42-45-48-51-54-57-63(66)69-60-61(59-68-62(65)56-53-50-47-44-41-38-27-24-21-18-15-12-9-6-3)70-64(67)58-55-52-49-46-43-40-37-35-33-31-29-26-23-20-17-14-11-8-5-2/h16,19,25,28,61H,4-15,17-18,20-24,26-27,29-60H2,1-3H3/b19-16-,28-25-/t61-/m1/s1. The Kier molecular flexibility index (Phi) is 57.7. The maximum Gasteiger partial charge on any atom is 0.306 e. The number of carbonyl (C=O) groups is 3. The van der Waals surface area contributed by atoms with Gasteiger partial charge in [0.05, 0.1) is 0 Å². The van der Waals surface area contributed by atoms with Crippen molar-refractivity contribution in [2.45, 2.75) is 354 Å². The Bertz CT molecular complexity index is 1130. The maximum atomic E-state index is 12.9. The van der Waals surface area contributed by atoms with E-state index in [4.69, 9.17) is 14.2 Å². The van der Waals surface area contributed by atoms with Crippen LogP contribution >= 0.6 is 0 Å². The molecule has 412 valence electrons. The number of hydrogen-bond acceptors (Lipinski definition) is 6. The van der Waals surface area contributed by atoms with Crippen molar-refractivity contribution in [2.75, 3.05) is 13.2 Å². The van der Waals surface area contributed by atoms with E-state index in [2.05, 4.69) is 45.1 Å². The predicted molar refractivity (Wildman–Crippen MR) is 303 cm³/mol. The summed E-state index contributed by atoms with van der Waals surface area (Å²) in [6.07, 6.45) is 70.3. The van der Waals surface area contributed by atoms with E-state index in [1.54, 1.807) is 0 Å². The molecule has 0 aliphatic heterocycles. The molecule has 0 fully saturated rings. The van der Waals surface area contributed by atoms with E-state index in [0.717, 1.165) is 64.2 Å². The van der Waals surface area contributed by atoms with Crippen LogP contribution in [-0.4, -0.2) is 37.2 Å². The summed E-state index contributed by atoms with van der Waals surface area (Å²) >= 11 is 0. The Balaban J connectivity index is 4.30. The highest BCUT2D eigenvalue weighted by molar-refractivity contribution is 5.71. The summed E-state index contributed by atoms with van der Waals surface area (Å²) in [4.78, 5) is 38.3. The molecule has 0 unspecified atom stereocenters. The Morgan fingerprint density at radius 3 is 0.814 bits per heavy atom. The molecule has 0 radical (unpaired) electrons. The van der Waals surface area contributed by atoms with Crippen LogP contribution in [0.25, 0.3) is 0 Å². The lowest BCUT2D eigenvalue weighted by Crippen LogP contribution is -2.30. The van der Waals surface area contributed by atoms with Crippen molar-refractivity contribution in [3.63, 3.8) is 0 Å². The van der Waals surface area contributed by atoms with Gasteiger partial charge in [-0.2, -0.15) is 0 Å². The van der Waals surface area contributed by atoms with Crippen molar-refractivity contribution in [3.8, 4) is 0 Å². The largest absolute Gasteiger partial charge is 0.462 e. The Morgan fingerprint density at radius 2 is 0.514 bits per heavy atom. The van der Waals surface area contributed by atoms with Crippen LogP contribution in [0.2, 0.25) is 0 Å². The molecule has 6 heteroatoms. The lowest BCUT2D eigenvalue weighted by Gasteiger charge is -2.18. The van der Waals surface area contributed by atoms with E-state index in [1.807, 2.05) is 0 Å². The quantitative estimate of drug-likeness (QED) is 0.0261. The zero-order chi connectivity index (χ0) is 50.7. The molecule has 6 nitrogen and oxygen atoms in total. The number of unbranched alkanes of at least 4 members (excludes halogenated alkanes) is 43. The lowest BCUT2D eigenvalue weighted by atomic mass is 10.0. The monoisotopic (exact) mass is 985 g/mol. The molecule has 0 saturated heterocycles. The molecule has 0 N–H and O–H groups in total. The fourth-order valence-corrected chi connectivity index (χ4v) is 9.48. The van der Waals surface area contributed by atoms with E-state index in [0.29, 0.717) is 19.3 Å². The fourth-order valence-electron chi connectivity index (χ4n) is 9.48. The number of esters is 3. The topological polar surface area (TPSA) is 78.9 Å². The third-order valence-electron chi connectivity index (χ3n) is 14.2. The van der Waals surface area contributed by atoms with Crippen molar-refractivity contribution < 1.29 is 28.6 Å². The lowest BCUT2D eigenvalue weighted by molar-refractivity contribution is -0.167. The first-order chi connectivity index (χ1) is 34.5. The van der Waals surface area contributed by atoms with Gasteiger partial charge in [-0.25, -0.2) is 0 Å². The summed E-state index contributed by atoms with van der Waals surface area (Å²) in [6, 6.07) is 0. The van der Waals surface area contributed by atoms with E-state index in [1.165, 1.54) is 244 Å². The minimum atomic E-state index is -0.768. The number of ether oxygens (including phenoxy) is 3. The third-order valence-corrected chi connectivity index (χ3v) is 14.2. The van der Waals surface area contributed by atoms with Crippen LogP contribution in [0.1, 0.15) is 348 Å². The molecule has 0 rings (SSSR count). The fraction of sp³-hybridized carbons (Fsp3) is 0.891. The number of carbonyl (C=O) groups excluding carboxylic acids is 3. The first-order valence-electron chi connectivity index (χ1n) is 31.3. The Labute approximate surface area is 436 Å². The summed E-state index contributed by atoms with van der Waals surface area (Å²) in [6.45, 7) is 6.68. The number of hydrogen-bond donors (Lipinski definition) is 0. The van der Waals surface area contributed by atoms with E-state index in [9.17, 15) is 14.4 Å². The van der Waals surface area contributed by atoms with Gasteiger partial charge in [0, 0.05) is 19.3 Å². The molecule has 70 heavy (non-hydrogen) atoms. The molecule has 0 aliphatic carbocycles. The van der Waals surface area contributed by atoms with Gasteiger partial charge in [-0.3, -0.25) is 14.4 Å². The Morgan fingerprint density at radius 1 is 0.286 bits per heavy atom. The van der Waals surface area contributed by atoms with Crippen LogP contribution in [0.4, 0.5) is 0 Å². The second-order valence-electron chi connectivity index (χ2n) is 21.3. The molecule has 0 aromatic heterocycles. The number of allylic oxidation sites excluding steroid dienone is 4. The highest BCUT2D eigenvalue weighted by Crippen LogP contribution is 2.18. The summed E-state index contributed by atoms with van der Waals surface area (Å²) in [5, 5.41) is 0. The highest BCUT2D eigenvalue weighted by Gasteiger charge is 2.19. The smallest absolute Gasteiger partial charge is 0.306 e. The predicted octanol–water partition coefficient (Wildman–Crippen LogP) is 21.1. The van der Waals surface area contributed by atoms with Gasteiger partial charge in [-0.15, -0.1) is 0 Å². The minimum Gasteiger partial charge on any atom is -0.462 e. The van der Waals surface area contributed by atoms with Gasteiger partial charge in [0.15, 0.2) is 6.10 Å². The van der Waals surface area contributed by atoms with Gasteiger partial charge in [0.1, 0.15) is 13.2 Å². The average Bonchev–Trinajstić information content (AvgIpc) is 3.36. The van der Waals surface area contributed by atoms with E-state index >= 15 is 0 Å². The van der Waals surface area contributed by atoms with Crippen molar-refractivity contribution in [3.05, 3.63) is 24.3 Å². The van der Waals surface area contributed by atoms with Crippen molar-refractivity contribution >= 4 is 17.9 Å². The van der Waals surface area contributed by atoms with Crippen molar-refractivity contribution in [2.24, 2.45) is 0 Å². The molecular formula is C64H120O6. The summed E-state index contributed by atoms with van der Waals surface area (Å²) < 4.78 is 16.9. The SMILES string of the molecule is CCCCC/C=C\C/C=C\CCCCCCCCCCCC(=O)OC[C@@H](COC(=O)CCCCCCCCCCCCCCCC)OC(=O)CCCCCCCCCCCCCCCCCCCCC. The van der Waals surface area contributed by atoms with Crippen LogP contribution in [0.5, 0.6) is 0 Å². The zero-order valence-electron chi connectivity index (χ0n) is 47.3. The normalized spacial score (nSPS) is 12.1.